The van der Waals surface area contributed by atoms with Gasteiger partial charge in [0.25, 0.3) is 0 Å². The molecule has 0 saturated carbocycles. The first-order chi connectivity index (χ1) is 16.7. The van der Waals surface area contributed by atoms with E-state index in [9.17, 15) is 5.11 Å². The largest absolute Gasteiger partial charge is 0.508 e. The first-order valence-electron chi connectivity index (χ1n) is 12.9. The van der Waals surface area contributed by atoms with Gasteiger partial charge in [0, 0.05) is 13.1 Å². The molecule has 3 nitrogen and oxygen atoms in total. The molecule has 35 heavy (non-hydrogen) atoms. The third-order valence-electron chi connectivity index (χ3n) is 6.00. The molecule has 1 N–H and O–H groups in total. The van der Waals surface area contributed by atoms with Gasteiger partial charge < -0.3 is 9.84 Å². The minimum atomic E-state index is -0.407. The Labute approximate surface area is 215 Å². The highest BCUT2D eigenvalue weighted by Gasteiger charge is 2.32. The number of nitrogens with zero attached hydrogens (tertiary/aromatic N) is 1. The number of ether oxygens (including phenoxy) is 1. The number of hydrogen-bond acceptors (Lipinski definition) is 3. The smallest absolute Gasteiger partial charge is 0.115 e. The van der Waals surface area contributed by atoms with Crippen LogP contribution in [0.15, 0.2) is 109 Å². The Kier molecular flexibility index (Phi) is 14.0. The number of likely N-dealkylation sites (tertiary alicyclic amines) is 1. The second kappa shape index (κ2) is 16.1. The van der Waals surface area contributed by atoms with Crippen LogP contribution in [0.4, 0.5) is 0 Å². The van der Waals surface area contributed by atoms with E-state index in [2.05, 4.69) is 57.6 Å². The molecular weight excluding hydrogens is 430 g/mol. The monoisotopic (exact) mass is 477 g/mol. The van der Waals surface area contributed by atoms with Gasteiger partial charge in [-0.1, -0.05) is 75.6 Å². The number of aliphatic hydroxyl groups excluding tert-OH is 1. The SMILES string of the molecule is C=CCC(C)(/C=C\C/C(C(=C)/C=C(O)\C=C/C)=C(/CC)C(=C)/C=C\C=C/C)OC1CN(CCC)C1. The number of allylic oxidation sites excluding steroid dienone is 12. The van der Waals surface area contributed by atoms with Crippen LogP contribution < -0.4 is 0 Å². The molecule has 0 aliphatic carbocycles. The standard InChI is InChI=1S/C32H47NO2/c1-9-14-15-18-26(6)30(13-5)31(27(7)23-28(34)17-10-2)19-16-21-32(8,20-11-3)35-29-24-33(25-29)22-12-4/h9-11,14-18,21,23,29,34H,3,6-7,12-13,19-20,22,24-25H2,1-2,4-5,8H3/b14-9-,17-10-,18-15-,21-16-,28-23+,31-30+. The first-order valence-corrected chi connectivity index (χ1v) is 12.9. The van der Waals surface area contributed by atoms with Crippen molar-refractivity contribution in [3.05, 3.63) is 109 Å². The van der Waals surface area contributed by atoms with Gasteiger partial charge in [-0.15, -0.1) is 6.58 Å². The van der Waals surface area contributed by atoms with E-state index in [1.165, 1.54) is 6.42 Å². The van der Waals surface area contributed by atoms with Crippen LogP contribution in [0.3, 0.4) is 0 Å². The summed E-state index contributed by atoms with van der Waals surface area (Å²) in [5, 5.41) is 10.2. The van der Waals surface area contributed by atoms with Crippen LogP contribution in [0.2, 0.25) is 0 Å². The summed E-state index contributed by atoms with van der Waals surface area (Å²) < 4.78 is 6.49. The lowest BCUT2D eigenvalue weighted by atomic mass is 9.90. The predicted molar refractivity (Wildman–Crippen MR) is 154 cm³/mol. The molecule has 0 aromatic carbocycles. The van der Waals surface area contributed by atoms with Crippen molar-refractivity contribution >= 4 is 0 Å². The van der Waals surface area contributed by atoms with E-state index in [1.54, 1.807) is 12.2 Å². The van der Waals surface area contributed by atoms with E-state index in [4.69, 9.17) is 4.74 Å². The highest BCUT2D eigenvalue weighted by molar-refractivity contribution is 5.52. The Bertz CT molecular complexity index is 891. The van der Waals surface area contributed by atoms with Crippen LogP contribution in [0.1, 0.15) is 60.3 Å². The maximum atomic E-state index is 10.2. The zero-order valence-corrected chi connectivity index (χ0v) is 22.7. The average molecular weight is 478 g/mol. The molecule has 1 aliphatic rings. The molecule has 1 fully saturated rings. The fourth-order valence-corrected chi connectivity index (χ4v) is 4.29. The van der Waals surface area contributed by atoms with E-state index in [0.717, 1.165) is 54.8 Å². The van der Waals surface area contributed by atoms with Gasteiger partial charge in [-0.05, 0) is 87.4 Å². The van der Waals surface area contributed by atoms with Crippen molar-refractivity contribution in [2.45, 2.75) is 72.0 Å². The summed E-state index contributed by atoms with van der Waals surface area (Å²) >= 11 is 0. The second-order valence-corrected chi connectivity index (χ2v) is 9.23. The fraction of sp³-hybridized carbons (Fsp3) is 0.438. The van der Waals surface area contributed by atoms with E-state index in [1.807, 2.05) is 50.3 Å². The van der Waals surface area contributed by atoms with Crippen LogP contribution in [-0.2, 0) is 4.74 Å². The summed E-state index contributed by atoms with van der Waals surface area (Å²) in [7, 11) is 0. The highest BCUT2D eigenvalue weighted by atomic mass is 16.5. The summed E-state index contributed by atoms with van der Waals surface area (Å²) in [4.78, 5) is 2.43. The zero-order valence-electron chi connectivity index (χ0n) is 22.7. The van der Waals surface area contributed by atoms with Crippen LogP contribution >= 0.6 is 0 Å². The molecular formula is C32H47NO2. The van der Waals surface area contributed by atoms with Gasteiger partial charge in [-0.25, -0.2) is 0 Å². The van der Waals surface area contributed by atoms with Crippen molar-refractivity contribution in [2.75, 3.05) is 19.6 Å². The Morgan fingerprint density at radius 2 is 1.77 bits per heavy atom. The van der Waals surface area contributed by atoms with E-state index < -0.39 is 5.60 Å². The predicted octanol–water partition coefficient (Wildman–Crippen LogP) is 8.35. The molecule has 192 valence electrons. The van der Waals surface area contributed by atoms with Crippen molar-refractivity contribution < 1.29 is 9.84 Å². The van der Waals surface area contributed by atoms with E-state index in [0.29, 0.717) is 6.42 Å². The lowest BCUT2D eigenvalue weighted by Gasteiger charge is -2.43. The maximum Gasteiger partial charge on any atom is 0.115 e. The number of aliphatic hydroxyl groups is 1. The van der Waals surface area contributed by atoms with Gasteiger partial charge in [-0.2, -0.15) is 0 Å². The Morgan fingerprint density at radius 3 is 2.34 bits per heavy atom. The van der Waals surface area contributed by atoms with Gasteiger partial charge in [0.2, 0.25) is 0 Å². The Balaban J connectivity index is 3.20. The van der Waals surface area contributed by atoms with Gasteiger partial charge >= 0.3 is 0 Å². The van der Waals surface area contributed by atoms with Gasteiger partial charge in [0.15, 0.2) is 0 Å². The van der Waals surface area contributed by atoms with Crippen molar-refractivity contribution in [3.8, 4) is 0 Å². The molecule has 3 heteroatoms. The average Bonchev–Trinajstić information content (AvgIpc) is 2.77. The minimum absolute atomic E-state index is 0.186. The molecule has 0 radical (unpaired) electrons. The quantitative estimate of drug-likeness (QED) is 0.138. The van der Waals surface area contributed by atoms with Crippen molar-refractivity contribution in [1.29, 1.82) is 0 Å². The zero-order chi connectivity index (χ0) is 26.3. The van der Waals surface area contributed by atoms with Gasteiger partial charge in [-0.3, -0.25) is 4.90 Å². The minimum Gasteiger partial charge on any atom is -0.508 e. The summed E-state index contributed by atoms with van der Waals surface area (Å²) in [6.45, 7) is 26.0. The van der Waals surface area contributed by atoms with Crippen LogP contribution in [0, 0.1) is 0 Å². The molecule has 1 saturated heterocycles. The van der Waals surface area contributed by atoms with E-state index >= 15 is 0 Å². The molecule has 0 aromatic heterocycles. The van der Waals surface area contributed by atoms with E-state index in [-0.39, 0.29) is 11.9 Å². The summed E-state index contributed by atoms with van der Waals surface area (Å²) in [5.41, 5.74) is 3.52. The normalized spacial score (nSPS) is 18.4. The molecule has 1 rings (SSSR count). The fourth-order valence-electron chi connectivity index (χ4n) is 4.29. The Morgan fingerprint density at radius 1 is 1.06 bits per heavy atom. The van der Waals surface area contributed by atoms with Gasteiger partial charge in [0.1, 0.15) is 5.76 Å². The maximum absolute atomic E-state index is 10.2. The summed E-state index contributed by atoms with van der Waals surface area (Å²) in [6.07, 6.45) is 23.1. The third-order valence-corrected chi connectivity index (χ3v) is 6.00. The van der Waals surface area contributed by atoms with Crippen molar-refractivity contribution in [3.63, 3.8) is 0 Å². The highest BCUT2D eigenvalue weighted by Crippen LogP contribution is 2.30. The summed E-state index contributed by atoms with van der Waals surface area (Å²) in [5.74, 6) is 0.186. The molecule has 1 unspecified atom stereocenters. The molecule has 0 aromatic rings. The lowest BCUT2D eigenvalue weighted by molar-refractivity contribution is -0.117. The summed E-state index contributed by atoms with van der Waals surface area (Å²) in [6, 6.07) is 0. The Hall–Kier alpha value is -2.62. The second-order valence-electron chi connectivity index (χ2n) is 9.23. The number of hydrogen-bond donors (Lipinski definition) is 1. The lowest BCUT2D eigenvalue weighted by Crippen LogP contribution is -2.54. The van der Waals surface area contributed by atoms with Crippen LogP contribution in [0.25, 0.3) is 0 Å². The van der Waals surface area contributed by atoms with Gasteiger partial charge in [0.05, 0.1) is 11.7 Å². The topological polar surface area (TPSA) is 32.7 Å². The third kappa shape index (κ3) is 10.7. The molecule has 1 aliphatic heterocycles. The molecule has 0 bridgehead atoms. The molecule has 1 heterocycles. The van der Waals surface area contributed by atoms with Crippen LogP contribution in [0.5, 0.6) is 0 Å². The molecule has 0 amide bonds. The first kappa shape index (κ1) is 30.4. The molecule has 0 spiro atoms. The van der Waals surface area contributed by atoms with Crippen LogP contribution in [-0.4, -0.2) is 41.3 Å². The van der Waals surface area contributed by atoms with Crippen molar-refractivity contribution in [2.24, 2.45) is 0 Å². The molecule has 1 atom stereocenters. The van der Waals surface area contributed by atoms with Crippen molar-refractivity contribution in [1.82, 2.24) is 4.90 Å². The number of rotatable bonds is 16.